The van der Waals surface area contributed by atoms with Crippen LogP contribution in [0.3, 0.4) is 0 Å². The number of hydrogen-bond acceptors (Lipinski definition) is 3. The van der Waals surface area contributed by atoms with Crippen LogP contribution in [0.4, 0.5) is 5.69 Å². The lowest BCUT2D eigenvalue weighted by atomic mass is 10.1. The summed E-state index contributed by atoms with van der Waals surface area (Å²) in [7, 11) is -3.32. The van der Waals surface area contributed by atoms with Gasteiger partial charge in [0.2, 0.25) is 5.91 Å². The predicted octanol–water partition coefficient (Wildman–Crippen LogP) is 3.25. The highest BCUT2D eigenvalue weighted by Crippen LogP contribution is 2.15. The summed E-state index contributed by atoms with van der Waals surface area (Å²) in [5.41, 5.74) is 3.45. The third-order valence-electron chi connectivity index (χ3n) is 3.58. The summed E-state index contributed by atoms with van der Waals surface area (Å²) in [5, 5.41) is 2.70. The van der Waals surface area contributed by atoms with E-state index in [0.29, 0.717) is 5.69 Å². The minimum absolute atomic E-state index is 0.0286. The minimum Gasteiger partial charge on any atom is -0.326 e. The van der Waals surface area contributed by atoms with Crippen molar-refractivity contribution < 1.29 is 13.2 Å². The smallest absolute Gasteiger partial charge is 0.225 e. The van der Waals surface area contributed by atoms with Crippen molar-refractivity contribution in [1.29, 1.82) is 0 Å². The molecule has 2 aromatic rings. The van der Waals surface area contributed by atoms with Gasteiger partial charge in [0, 0.05) is 12.1 Å². The van der Waals surface area contributed by atoms with E-state index in [1.165, 1.54) is 0 Å². The molecule has 2 rings (SSSR count). The monoisotopic (exact) mass is 331 g/mol. The number of nitrogens with one attached hydrogen (secondary N) is 1. The first-order valence-corrected chi connectivity index (χ1v) is 9.29. The topological polar surface area (TPSA) is 63.2 Å². The fraction of sp³-hybridized carbons (Fsp3) is 0.278. The zero-order valence-corrected chi connectivity index (χ0v) is 14.2. The van der Waals surface area contributed by atoms with Gasteiger partial charge in [0.05, 0.1) is 11.5 Å². The van der Waals surface area contributed by atoms with E-state index in [2.05, 4.69) is 5.32 Å². The molecule has 0 unspecified atom stereocenters. The van der Waals surface area contributed by atoms with Gasteiger partial charge in [0.1, 0.15) is 0 Å². The average molecular weight is 331 g/mol. The van der Waals surface area contributed by atoms with E-state index in [1.54, 1.807) is 12.1 Å². The largest absolute Gasteiger partial charge is 0.326 e. The van der Waals surface area contributed by atoms with E-state index < -0.39 is 9.84 Å². The van der Waals surface area contributed by atoms with Gasteiger partial charge in [-0.2, -0.15) is 0 Å². The molecule has 122 valence electrons. The molecule has 0 aliphatic rings. The summed E-state index contributed by atoms with van der Waals surface area (Å²) in [6.45, 7) is 3.83. The predicted molar refractivity (Wildman–Crippen MR) is 93.1 cm³/mol. The molecule has 0 heterocycles. The number of carbonyl (C=O) groups is 1. The fourth-order valence-electron chi connectivity index (χ4n) is 2.26. The van der Waals surface area contributed by atoms with Crippen molar-refractivity contribution in [2.75, 3.05) is 11.1 Å². The number of rotatable bonds is 6. The number of anilines is 1. The Morgan fingerprint density at radius 1 is 1.04 bits per heavy atom. The minimum atomic E-state index is -3.32. The molecule has 2 aromatic carbocycles. The molecule has 0 saturated heterocycles. The maximum absolute atomic E-state index is 12.2. The Bertz CT molecular complexity index is 783. The van der Waals surface area contributed by atoms with Crippen LogP contribution in [-0.4, -0.2) is 20.1 Å². The van der Waals surface area contributed by atoms with Crippen molar-refractivity contribution in [3.05, 3.63) is 65.2 Å². The van der Waals surface area contributed by atoms with Gasteiger partial charge in [0.15, 0.2) is 9.84 Å². The van der Waals surface area contributed by atoms with E-state index in [9.17, 15) is 13.2 Å². The molecule has 5 heteroatoms. The molecular formula is C18H21NO3S. The average Bonchev–Trinajstić information content (AvgIpc) is 2.50. The van der Waals surface area contributed by atoms with E-state index in [-0.39, 0.29) is 23.8 Å². The zero-order chi connectivity index (χ0) is 16.9. The highest BCUT2D eigenvalue weighted by molar-refractivity contribution is 7.90. The van der Waals surface area contributed by atoms with Gasteiger partial charge in [-0.25, -0.2) is 8.42 Å². The molecule has 0 bridgehead atoms. The summed E-state index contributed by atoms with van der Waals surface area (Å²) in [6, 6.07) is 14.8. The first kappa shape index (κ1) is 17.2. The molecule has 0 spiro atoms. The Morgan fingerprint density at radius 3 is 2.43 bits per heavy atom. The molecule has 0 radical (unpaired) electrons. The third-order valence-corrected chi connectivity index (χ3v) is 5.15. The third kappa shape index (κ3) is 5.53. The number of para-hydroxylation sites is 1. The van der Waals surface area contributed by atoms with Gasteiger partial charge in [0.25, 0.3) is 0 Å². The molecule has 0 atom stereocenters. The maximum Gasteiger partial charge on any atom is 0.225 e. The van der Waals surface area contributed by atoms with E-state index in [4.69, 9.17) is 0 Å². The molecule has 1 N–H and O–H groups in total. The van der Waals surface area contributed by atoms with Crippen LogP contribution in [-0.2, 0) is 20.4 Å². The van der Waals surface area contributed by atoms with Crippen molar-refractivity contribution in [3.63, 3.8) is 0 Å². The van der Waals surface area contributed by atoms with Gasteiger partial charge in [-0.1, -0.05) is 42.0 Å². The highest BCUT2D eigenvalue weighted by atomic mass is 32.2. The van der Waals surface area contributed by atoms with Crippen LogP contribution in [0, 0.1) is 13.8 Å². The first-order valence-electron chi connectivity index (χ1n) is 7.47. The van der Waals surface area contributed by atoms with Crippen LogP contribution < -0.4 is 5.32 Å². The Kier molecular flexibility index (Phi) is 5.55. The summed E-state index contributed by atoms with van der Waals surface area (Å²) in [4.78, 5) is 11.9. The second-order valence-corrected chi connectivity index (χ2v) is 7.87. The fourth-order valence-corrected chi connectivity index (χ4v) is 3.68. The Balaban J connectivity index is 1.93. The summed E-state index contributed by atoms with van der Waals surface area (Å²) in [5.74, 6) is -0.473. The second kappa shape index (κ2) is 7.42. The first-order chi connectivity index (χ1) is 10.9. The quantitative estimate of drug-likeness (QED) is 0.884. The van der Waals surface area contributed by atoms with Gasteiger partial charge < -0.3 is 5.32 Å². The van der Waals surface area contributed by atoms with Crippen molar-refractivity contribution in [3.8, 4) is 0 Å². The lowest BCUT2D eigenvalue weighted by Gasteiger charge is -2.09. The zero-order valence-electron chi connectivity index (χ0n) is 13.4. The normalized spacial score (nSPS) is 11.2. The number of hydrogen-bond donors (Lipinski definition) is 1. The summed E-state index contributed by atoms with van der Waals surface area (Å²) in [6.07, 6.45) is -0.0396. The van der Waals surface area contributed by atoms with Gasteiger partial charge >= 0.3 is 0 Å². The maximum atomic E-state index is 12.2. The molecule has 0 aliphatic carbocycles. The highest BCUT2D eigenvalue weighted by Gasteiger charge is 2.16. The standard InChI is InChI=1S/C18H21NO3S/c1-14-8-9-15(2)16(12-14)13-23(21,22)11-10-18(20)19-17-6-4-3-5-7-17/h3-9,12H,10-11,13H2,1-2H3,(H,19,20). The van der Waals surface area contributed by atoms with E-state index >= 15 is 0 Å². The lowest BCUT2D eigenvalue weighted by molar-refractivity contribution is -0.115. The van der Waals surface area contributed by atoms with Gasteiger partial charge in [-0.3, -0.25) is 4.79 Å². The lowest BCUT2D eigenvalue weighted by Crippen LogP contribution is -2.18. The SMILES string of the molecule is Cc1ccc(C)c(CS(=O)(=O)CCC(=O)Nc2ccccc2)c1. The Morgan fingerprint density at radius 2 is 1.74 bits per heavy atom. The summed E-state index contributed by atoms with van der Waals surface area (Å²) < 4.78 is 24.5. The number of aryl methyl sites for hydroxylation is 2. The number of amides is 1. The number of carbonyl (C=O) groups excluding carboxylic acids is 1. The molecule has 23 heavy (non-hydrogen) atoms. The number of benzene rings is 2. The van der Waals surface area contributed by atoms with E-state index in [0.717, 1.165) is 16.7 Å². The Hall–Kier alpha value is -2.14. The molecule has 0 aliphatic heterocycles. The van der Waals surface area contributed by atoms with Crippen molar-refractivity contribution in [2.45, 2.75) is 26.0 Å². The Labute approximate surface area is 137 Å². The molecule has 1 amide bonds. The van der Waals surface area contributed by atoms with Crippen molar-refractivity contribution in [2.24, 2.45) is 0 Å². The second-order valence-electron chi connectivity index (χ2n) is 5.69. The van der Waals surface area contributed by atoms with Crippen LogP contribution in [0.1, 0.15) is 23.1 Å². The molecular weight excluding hydrogens is 310 g/mol. The molecule has 0 aromatic heterocycles. The van der Waals surface area contributed by atoms with Crippen LogP contribution in [0.25, 0.3) is 0 Å². The van der Waals surface area contributed by atoms with Crippen LogP contribution in [0.5, 0.6) is 0 Å². The van der Waals surface area contributed by atoms with Crippen LogP contribution in [0.2, 0.25) is 0 Å². The van der Waals surface area contributed by atoms with Crippen molar-refractivity contribution >= 4 is 21.4 Å². The van der Waals surface area contributed by atoms with Gasteiger partial charge in [-0.05, 0) is 37.1 Å². The van der Waals surface area contributed by atoms with Crippen molar-refractivity contribution in [1.82, 2.24) is 0 Å². The molecule has 0 fully saturated rings. The van der Waals surface area contributed by atoms with Crippen LogP contribution >= 0.6 is 0 Å². The van der Waals surface area contributed by atoms with E-state index in [1.807, 2.05) is 50.2 Å². The molecule has 0 saturated carbocycles. The van der Waals surface area contributed by atoms with Crippen LogP contribution in [0.15, 0.2) is 48.5 Å². The van der Waals surface area contributed by atoms with Gasteiger partial charge in [-0.15, -0.1) is 0 Å². The molecule has 4 nitrogen and oxygen atoms in total. The number of sulfone groups is 1. The summed E-state index contributed by atoms with van der Waals surface area (Å²) >= 11 is 0.